The van der Waals surface area contributed by atoms with Gasteiger partial charge in [-0.2, -0.15) is 0 Å². The third-order valence-electron chi connectivity index (χ3n) is 2.21. The molecule has 0 spiro atoms. The van der Waals surface area contributed by atoms with E-state index in [-0.39, 0.29) is 6.15 Å². The van der Waals surface area contributed by atoms with Crippen molar-refractivity contribution >= 4 is 0 Å². The Morgan fingerprint density at radius 3 is 2.21 bits per heavy atom. The molecule has 1 unspecified atom stereocenters. The summed E-state index contributed by atoms with van der Waals surface area (Å²) in [6.07, 6.45) is 5.90. The maximum absolute atomic E-state index is 5.48. The minimum absolute atomic E-state index is 0. The molecule has 0 fully saturated rings. The fraction of sp³-hybridized carbons (Fsp3) is 1.00. The summed E-state index contributed by atoms with van der Waals surface area (Å²) in [5.41, 5.74) is 10.9. The molecule has 0 rings (SSSR count). The Balaban J connectivity index is 0. The highest BCUT2D eigenvalue weighted by Crippen LogP contribution is 2.03. The van der Waals surface area contributed by atoms with Gasteiger partial charge in [-0.1, -0.05) is 13.3 Å². The van der Waals surface area contributed by atoms with Crippen molar-refractivity contribution in [1.82, 2.24) is 11.5 Å². The van der Waals surface area contributed by atoms with E-state index in [0.29, 0.717) is 6.04 Å². The van der Waals surface area contributed by atoms with Gasteiger partial charge in [-0.05, 0) is 45.3 Å². The lowest BCUT2D eigenvalue weighted by atomic mass is 10.1. The van der Waals surface area contributed by atoms with Gasteiger partial charge in [-0.25, -0.2) is 0 Å². The van der Waals surface area contributed by atoms with E-state index >= 15 is 0 Å². The predicted molar refractivity (Wildman–Crippen MR) is 63.7 cm³/mol. The van der Waals surface area contributed by atoms with Gasteiger partial charge in [0, 0.05) is 6.04 Å². The van der Waals surface area contributed by atoms with Crippen LogP contribution in [0.2, 0.25) is 0 Å². The first-order chi connectivity index (χ1) is 6.35. The summed E-state index contributed by atoms with van der Waals surface area (Å²) in [4.78, 5) is 0. The molecule has 0 aliphatic heterocycles. The number of nitrogens with one attached hydrogen (secondary N) is 1. The average molecular weight is 204 g/mol. The lowest BCUT2D eigenvalue weighted by Crippen LogP contribution is -2.31. The molecule has 0 heterocycles. The maximum atomic E-state index is 5.48. The van der Waals surface area contributed by atoms with Gasteiger partial charge in [0.15, 0.2) is 0 Å². The van der Waals surface area contributed by atoms with Crippen LogP contribution in [0.15, 0.2) is 0 Å². The molecular weight excluding hydrogens is 176 g/mol. The standard InChI is InChI=1S/C10H25N3.H3N/c1-2-5-10(6-3-7-11)13-9-4-8-12;/h10,13H,2-9,11-12H2,1H3;1H3. The number of nitrogens with two attached hydrogens (primary N) is 2. The third-order valence-corrected chi connectivity index (χ3v) is 2.21. The van der Waals surface area contributed by atoms with Crippen LogP contribution in [-0.2, 0) is 0 Å². The first kappa shape index (κ1) is 16.3. The van der Waals surface area contributed by atoms with Crippen molar-refractivity contribution in [3.8, 4) is 0 Å². The highest BCUT2D eigenvalue weighted by atomic mass is 14.9. The monoisotopic (exact) mass is 204 g/mol. The van der Waals surface area contributed by atoms with E-state index in [2.05, 4.69) is 12.2 Å². The van der Waals surface area contributed by atoms with Crippen LogP contribution in [0, 0.1) is 0 Å². The van der Waals surface area contributed by atoms with Crippen LogP contribution in [0.5, 0.6) is 0 Å². The predicted octanol–water partition coefficient (Wildman–Crippen LogP) is 0.994. The van der Waals surface area contributed by atoms with Gasteiger partial charge in [-0.15, -0.1) is 0 Å². The Bertz CT molecular complexity index is 98.1. The van der Waals surface area contributed by atoms with Gasteiger partial charge in [0.1, 0.15) is 0 Å². The van der Waals surface area contributed by atoms with E-state index < -0.39 is 0 Å². The summed E-state index contributed by atoms with van der Waals surface area (Å²) in [7, 11) is 0. The van der Waals surface area contributed by atoms with Crippen LogP contribution in [0.25, 0.3) is 0 Å². The van der Waals surface area contributed by atoms with Gasteiger partial charge < -0.3 is 22.9 Å². The van der Waals surface area contributed by atoms with Crippen LogP contribution in [-0.4, -0.2) is 25.7 Å². The lowest BCUT2D eigenvalue weighted by molar-refractivity contribution is 0.437. The minimum atomic E-state index is 0. The Morgan fingerprint density at radius 1 is 1.07 bits per heavy atom. The summed E-state index contributed by atoms with van der Waals surface area (Å²) in [6.45, 7) is 4.85. The second-order valence-electron chi connectivity index (χ2n) is 3.51. The Kier molecular flexibility index (Phi) is 14.9. The van der Waals surface area contributed by atoms with Crippen LogP contribution in [0.3, 0.4) is 0 Å². The van der Waals surface area contributed by atoms with E-state index in [9.17, 15) is 0 Å². The molecule has 0 amide bonds. The average Bonchev–Trinajstić information content (AvgIpc) is 2.14. The first-order valence-corrected chi connectivity index (χ1v) is 5.48. The molecule has 0 saturated carbocycles. The van der Waals surface area contributed by atoms with E-state index in [0.717, 1.165) is 32.5 Å². The molecule has 8 N–H and O–H groups in total. The molecule has 0 bridgehead atoms. The van der Waals surface area contributed by atoms with Crippen LogP contribution >= 0.6 is 0 Å². The zero-order valence-electron chi connectivity index (χ0n) is 9.60. The normalized spacial score (nSPS) is 12.2. The molecule has 4 heteroatoms. The molecule has 14 heavy (non-hydrogen) atoms. The highest BCUT2D eigenvalue weighted by molar-refractivity contribution is 4.66. The van der Waals surface area contributed by atoms with Crippen molar-refractivity contribution in [1.29, 1.82) is 0 Å². The number of hydrogen-bond acceptors (Lipinski definition) is 4. The summed E-state index contributed by atoms with van der Waals surface area (Å²) in [5, 5.41) is 3.52. The molecule has 0 aromatic heterocycles. The van der Waals surface area contributed by atoms with E-state index in [1.165, 1.54) is 19.3 Å². The molecule has 4 nitrogen and oxygen atoms in total. The van der Waals surface area contributed by atoms with Crippen molar-refractivity contribution in [2.75, 3.05) is 19.6 Å². The van der Waals surface area contributed by atoms with Crippen LogP contribution in [0.1, 0.15) is 39.0 Å². The van der Waals surface area contributed by atoms with Crippen molar-refractivity contribution in [2.45, 2.75) is 45.1 Å². The fourth-order valence-electron chi connectivity index (χ4n) is 1.47. The first-order valence-electron chi connectivity index (χ1n) is 5.48. The SMILES string of the molecule is CCCC(CCCN)NCCCN.N. The zero-order valence-corrected chi connectivity index (χ0v) is 9.60. The van der Waals surface area contributed by atoms with E-state index in [4.69, 9.17) is 11.5 Å². The van der Waals surface area contributed by atoms with Gasteiger partial charge >= 0.3 is 0 Å². The lowest BCUT2D eigenvalue weighted by Gasteiger charge is -2.17. The quantitative estimate of drug-likeness (QED) is 0.421. The molecule has 0 radical (unpaired) electrons. The second kappa shape index (κ2) is 12.8. The molecule has 0 aromatic rings. The molecule has 0 saturated heterocycles. The molecule has 0 aliphatic rings. The highest BCUT2D eigenvalue weighted by Gasteiger charge is 2.04. The second-order valence-corrected chi connectivity index (χ2v) is 3.51. The van der Waals surface area contributed by atoms with Crippen LogP contribution < -0.4 is 22.9 Å². The molecule has 88 valence electrons. The van der Waals surface area contributed by atoms with Crippen molar-refractivity contribution in [3.05, 3.63) is 0 Å². The van der Waals surface area contributed by atoms with Crippen molar-refractivity contribution in [2.24, 2.45) is 11.5 Å². The summed E-state index contributed by atoms with van der Waals surface area (Å²) in [6, 6.07) is 0.653. The zero-order chi connectivity index (χ0) is 9.94. The Morgan fingerprint density at radius 2 is 1.71 bits per heavy atom. The van der Waals surface area contributed by atoms with Crippen LogP contribution in [0.4, 0.5) is 0 Å². The van der Waals surface area contributed by atoms with Gasteiger partial charge in [0.25, 0.3) is 0 Å². The summed E-state index contributed by atoms with van der Waals surface area (Å²) in [5.74, 6) is 0. The summed E-state index contributed by atoms with van der Waals surface area (Å²) < 4.78 is 0. The summed E-state index contributed by atoms with van der Waals surface area (Å²) >= 11 is 0. The molecule has 0 aromatic carbocycles. The van der Waals surface area contributed by atoms with Gasteiger partial charge in [0.2, 0.25) is 0 Å². The largest absolute Gasteiger partial charge is 0.344 e. The Labute approximate surface area is 88.4 Å². The molecular formula is C10H28N4. The fourth-order valence-corrected chi connectivity index (χ4v) is 1.47. The maximum Gasteiger partial charge on any atom is 0.00674 e. The molecule has 1 atom stereocenters. The third kappa shape index (κ3) is 9.92. The van der Waals surface area contributed by atoms with Gasteiger partial charge in [-0.3, -0.25) is 0 Å². The molecule has 0 aliphatic carbocycles. The number of hydrogen-bond donors (Lipinski definition) is 4. The smallest absolute Gasteiger partial charge is 0.00674 e. The van der Waals surface area contributed by atoms with Crippen molar-refractivity contribution < 1.29 is 0 Å². The van der Waals surface area contributed by atoms with Crippen molar-refractivity contribution in [3.63, 3.8) is 0 Å². The number of rotatable bonds is 9. The van der Waals surface area contributed by atoms with Gasteiger partial charge in [0.05, 0.1) is 0 Å². The van der Waals surface area contributed by atoms with E-state index in [1.807, 2.05) is 0 Å². The Hall–Kier alpha value is -0.160. The topological polar surface area (TPSA) is 99.1 Å². The van der Waals surface area contributed by atoms with E-state index in [1.54, 1.807) is 0 Å². The minimum Gasteiger partial charge on any atom is -0.344 e.